The van der Waals surface area contributed by atoms with Crippen LogP contribution < -0.4 is 4.90 Å². The van der Waals surface area contributed by atoms with E-state index in [4.69, 9.17) is 4.42 Å². The molecule has 1 amide bonds. The Labute approximate surface area is 127 Å². The molecule has 0 N–H and O–H groups in total. The predicted octanol–water partition coefficient (Wildman–Crippen LogP) is 1.75. The Hall–Kier alpha value is -2.02. The first-order valence-electron chi connectivity index (χ1n) is 6.72. The first-order valence-corrected chi connectivity index (χ1v) is 7.95. The van der Waals surface area contributed by atoms with E-state index in [1.807, 2.05) is 17.2 Å². The molecule has 1 fully saturated rings. The number of carbonyl (C=O) groups is 1. The van der Waals surface area contributed by atoms with Crippen LogP contribution in [0.3, 0.4) is 0 Å². The van der Waals surface area contributed by atoms with Crippen LogP contribution in [0.2, 0.25) is 0 Å². The van der Waals surface area contributed by atoms with Gasteiger partial charge in [0.05, 0.1) is 6.26 Å². The molecule has 6 nitrogen and oxygen atoms in total. The lowest BCUT2D eigenvalue weighted by Crippen LogP contribution is -2.49. The van der Waals surface area contributed by atoms with Gasteiger partial charge in [-0.1, -0.05) is 11.8 Å². The third kappa shape index (κ3) is 3.02. The average molecular weight is 304 g/mol. The van der Waals surface area contributed by atoms with Gasteiger partial charge in [0.2, 0.25) is 0 Å². The smallest absolute Gasteiger partial charge is 0.289 e. The molecule has 0 unspecified atom stereocenters. The normalized spacial score (nSPS) is 15.3. The molecule has 2 aromatic rings. The average Bonchev–Trinajstić information content (AvgIpc) is 3.09. The summed E-state index contributed by atoms with van der Waals surface area (Å²) in [4.78, 5) is 24.8. The lowest BCUT2D eigenvalue weighted by Gasteiger charge is -2.35. The third-order valence-corrected chi connectivity index (χ3v) is 3.99. The van der Waals surface area contributed by atoms with Crippen LogP contribution in [-0.2, 0) is 0 Å². The highest BCUT2D eigenvalue weighted by atomic mass is 32.2. The monoisotopic (exact) mass is 304 g/mol. The predicted molar refractivity (Wildman–Crippen MR) is 80.6 cm³/mol. The molecule has 3 heterocycles. The molecule has 21 heavy (non-hydrogen) atoms. The summed E-state index contributed by atoms with van der Waals surface area (Å²) >= 11 is 1.52. The van der Waals surface area contributed by atoms with Gasteiger partial charge in [0.1, 0.15) is 5.82 Å². The molecule has 0 spiro atoms. The number of furan rings is 1. The minimum absolute atomic E-state index is 0.0489. The summed E-state index contributed by atoms with van der Waals surface area (Å²) in [5.74, 6) is 1.27. The molecule has 1 saturated heterocycles. The van der Waals surface area contributed by atoms with Crippen LogP contribution in [-0.4, -0.2) is 53.2 Å². The van der Waals surface area contributed by atoms with Gasteiger partial charge in [-0.2, -0.15) is 0 Å². The summed E-state index contributed by atoms with van der Waals surface area (Å²) in [6, 6.07) is 5.34. The number of rotatable bonds is 3. The maximum atomic E-state index is 12.2. The molecule has 0 aliphatic carbocycles. The molecule has 110 valence electrons. The van der Waals surface area contributed by atoms with Crippen molar-refractivity contribution in [2.75, 3.05) is 37.3 Å². The minimum Gasteiger partial charge on any atom is -0.459 e. The van der Waals surface area contributed by atoms with Gasteiger partial charge in [-0.05, 0) is 24.5 Å². The van der Waals surface area contributed by atoms with Crippen molar-refractivity contribution in [3.63, 3.8) is 0 Å². The molecule has 0 bridgehead atoms. The Balaban J connectivity index is 1.63. The maximum Gasteiger partial charge on any atom is 0.289 e. The van der Waals surface area contributed by atoms with Gasteiger partial charge >= 0.3 is 0 Å². The van der Waals surface area contributed by atoms with E-state index >= 15 is 0 Å². The van der Waals surface area contributed by atoms with E-state index in [1.165, 1.54) is 18.0 Å². The number of hydrogen-bond acceptors (Lipinski definition) is 6. The lowest BCUT2D eigenvalue weighted by atomic mass is 10.3. The van der Waals surface area contributed by atoms with E-state index in [-0.39, 0.29) is 5.91 Å². The molecule has 0 saturated carbocycles. The van der Waals surface area contributed by atoms with Crippen LogP contribution in [0.15, 0.2) is 40.2 Å². The topological polar surface area (TPSA) is 62.5 Å². The number of aromatic nitrogens is 2. The number of nitrogens with zero attached hydrogens (tertiary/aromatic N) is 4. The quantitative estimate of drug-likeness (QED) is 0.636. The number of piperazine rings is 1. The highest BCUT2D eigenvalue weighted by Gasteiger charge is 2.24. The van der Waals surface area contributed by atoms with Crippen LogP contribution >= 0.6 is 11.8 Å². The van der Waals surface area contributed by atoms with Gasteiger partial charge in [-0.15, -0.1) is 0 Å². The van der Waals surface area contributed by atoms with E-state index in [0.29, 0.717) is 18.8 Å². The lowest BCUT2D eigenvalue weighted by molar-refractivity contribution is 0.0714. The molecule has 2 aromatic heterocycles. The Morgan fingerprint density at radius 1 is 1.29 bits per heavy atom. The number of amides is 1. The third-order valence-electron chi connectivity index (χ3n) is 3.42. The van der Waals surface area contributed by atoms with Crippen molar-refractivity contribution in [3.05, 3.63) is 36.4 Å². The van der Waals surface area contributed by atoms with Gasteiger partial charge in [-0.3, -0.25) is 4.79 Å². The Morgan fingerprint density at radius 2 is 2.10 bits per heavy atom. The Kier molecular flexibility index (Phi) is 4.10. The van der Waals surface area contributed by atoms with Gasteiger partial charge in [0, 0.05) is 32.4 Å². The van der Waals surface area contributed by atoms with Crippen molar-refractivity contribution in [1.29, 1.82) is 0 Å². The van der Waals surface area contributed by atoms with Crippen molar-refractivity contribution < 1.29 is 9.21 Å². The summed E-state index contributed by atoms with van der Waals surface area (Å²) < 4.78 is 5.16. The molecular formula is C14H16N4O2S. The summed E-state index contributed by atoms with van der Waals surface area (Å²) in [5.41, 5.74) is 0. The number of hydrogen-bond donors (Lipinski definition) is 0. The van der Waals surface area contributed by atoms with Gasteiger partial charge < -0.3 is 14.2 Å². The number of anilines is 1. The van der Waals surface area contributed by atoms with E-state index < -0.39 is 0 Å². The molecule has 3 rings (SSSR count). The van der Waals surface area contributed by atoms with E-state index in [2.05, 4.69) is 14.9 Å². The van der Waals surface area contributed by atoms with Gasteiger partial charge in [0.15, 0.2) is 10.9 Å². The summed E-state index contributed by atoms with van der Waals surface area (Å²) in [6.45, 7) is 2.85. The largest absolute Gasteiger partial charge is 0.459 e. The fraction of sp³-hybridized carbons (Fsp3) is 0.357. The van der Waals surface area contributed by atoms with Crippen LogP contribution in [0.1, 0.15) is 10.6 Å². The van der Waals surface area contributed by atoms with Gasteiger partial charge in [0.25, 0.3) is 5.91 Å². The Morgan fingerprint density at radius 3 is 2.76 bits per heavy atom. The highest BCUT2D eigenvalue weighted by molar-refractivity contribution is 7.98. The van der Waals surface area contributed by atoms with E-state index in [9.17, 15) is 4.79 Å². The summed E-state index contributed by atoms with van der Waals surface area (Å²) in [6.07, 6.45) is 5.25. The second kappa shape index (κ2) is 6.17. The fourth-order valence-electron chi connectivity index (χ4n) is 2.30. The van der Waals surface area contributed by atoms with E-state index in [1.54, 1.807) is 18.3 Å². The van der Waals surface area contributed by atoms with Gasteiger partial charge in [-0.25, -0.2) is 9.97 Å². The van der Waals surface area contributed by atoms with Crippen molar-refractivity contribution in [2.24, 2.45) is 0 Å². The van der Waals surface area contributed by atoms with Crippen molar-refractivity contribution >= 4 is 23.5 Å². The zero-order valence-electron chi connectivity index (χ0n) is 11.7. The Bertz CT molecular complexity index is 609. The van der Waals surface area contributed by atoms with E-state index in [0.717, 1.165) is 24.1 Å². The highest BCUT2D eigenvalue weighted by Crippen LogP contribution is 2.17. The molecule has 0 radical (unpaired) electrons. The second-order valence-electron chi connectivity index (χ2n) is 4.66. The first-order chi connectivity index (χ1) is 10.3. The number of thioether (sulfide) groups is 1. The van der Waals surface area contributed by atoms with Crippen molar-refractivity contribution in [2.45, 2.75) is 5.16 Å². The molecule has 7 heteroatoms. The van der Waals surface area contributed by atoms with Crippen LogP contribution in [0, 0.1) is 0 Å². The zero-order valence-corrected chi connectivity index (χ0v) is 12.5. The van der Waals surface area contributed by atoms with Crippen LogP contribution in [0.4, 0.5) is 5.82 Å². The molecule has 1 aliphatic rings. The first kappa shape index (κ1) is 13.9. The van der Waals surface area contributed by atoms with Crippen molar-refractivity contribution in [3.8, 4) is 0 Å². The van der Waals surface area contributed by atoms with Crippen LogP contribution in [0.25, 0.3) is 0 Å². The standard InChI is InChI=1S/C14H16N4O2S/c1-21-14-15-5-4-12(16-14)17-6-8-18(9-7-17)13(19)11-3-2-10-20-11/h2-5,10H,6-9H2,1H3. The minimum atomic E-state index is -0.0489. The van der Waals surface area contributed by atoms with Crippen molar-refractivity contribution in [1.82, 2.24) is 14.9 Å². The van der Waals surface area contributed by atoms with Crippen LogP contribution in [0.5, 0.6) is 0 Å². The molecule has 0 aromatic carbocycles. The fourth-order valence-corrected chi connectivity index (χ4v) is 2.65. The molecule has 0 atom stereocenters. The summed E-state index contributed by atoms with van der Waals surface area (Å²) in [7, 11) is 0. The zero-order chi connectivity index (χ0) is 14.7. The summed E-state index contributed by atoms with van der Waals surface area (Å²) in [5, 5.41) is 0.765. The SMILES string of the molecule is CSc1nccc(N2CCN(C(=O)c3ccco3)CC2)n1. The maximum absolute atomic E-state index is 12.2. The number of carbonyl (C=O) groups excluding carboxylic acids is 1. The molecular weight excluding hydrogens is 288 g/mol. The molecule has 1 aliphatic heterocycles. The second-order valence-corrected chi connectivity index (χ2v) is 5.43.